The maximum atomic E-state index is 12.0. The first-order valence-electron chi connectivity index (χ1n) is 11.1. The number of phenolic OH excluding ortho intramolecular Hbond substituents is 1. The zero-order valence-electron chi connectivity index (χ0n) is 19.1. The average Bonchev–Trinajstić information content (AvgIpc) is 3.25. The molecule has 1 fully saturated rings. The molecule has 1 heterocycles. The first-order chi connectivity index (χ1) is 15.7. The van der Waals surface area contributed by atoms with Crippen LogP contribution in [-0.2, 0) is 4.74 Å². The van der Waals surface area contributed by atoms with Crippen LogP contribution in [0.2, 0.25) is 0 Å². The third-order valence-corrected chi connectivity index (χ3v) is 5.35. The van der Waals surface area contributed by atoms with Crippen LogP contribution >= 0.6 is 0 Å². The molecule has 0 radical (unpaired) electrons. The van der Waals surface area contributed by atoms with Gasteiger partial charge in [0.25, 0.3) is 5.89 Å². The van der Waals surface area contributed by atoms with Crippen molar-refractivity contribution < 1.29 is 23.9 Å². The average molecular weight is 452 g/mol. The Balaban J connectivity index is 1.28. The second-order valence-electron chi connectivity index (χ2n) is 9.23. The topological polar surface area (TPSA) is 107 Å². The van der Waals surface area contributed by atoms with Crippen molar-refractivity contribution in [1.29, 1.82) is 0 Å². The van der Waals surface area contributed by atoms with Gasteiger partial charge in [-0.15, -0.1) is 0 Å². The number of alkyl carbamates (subject to hydrolysis) is 1. The zero-order valence-corrected chi connectivity index (χ0v) is 19.1. The Bertz CT molecular complexity index is 1060. The van der Waals surface area contributed by atoms with Gasteiger partial charge in [-0.25, -0.2) is 4.79 Å². The molecule has 1 aliphatic carbocycles. The predicted molar refractivity (Wildman–Crippen MR) is 123 cm³/mol. The molecule has 0 bridgehead atoms. The van der Waals surface area contributed by atoms with Crippen molar-refractivity contribution in [1.82, 2.24) is 15.5 Å². The molecule has 33 heavy (non-hydrogen) atoms. The highest BCUT2D eigenvalue weighted by Crippen LogP contribution is 2.27. The molecule has 174 valence electrons. The largest absolute Gasteiger partial charge is 0.508 e. The second kappa shape index (κ2) is 9.52. The van der Waals surface area contributed by atoms with Crippen LogP contribution in [0.3, 0.4) is 0 Å². The lowest BCUT2D eigenvalue weighted by atomic mass is 9.93. The number of benzene rings is 2. The summed E-state index contributed by atoms with van der Waals surface area (Å²) >= 11 is 0. The Kier molecular flexibility index (Phi) is 6.53. The fourth-order valence-corrected chi connectivity index (χ4v) is 3.74. The predicted octanol–water partition coefficient (Wildman–Crippen LogP) is 5.32. The first kappa shape index (κ1) is 22.6. The van der Waals surface area contributed by atoms with Crippen LogP contribution in [0.1, 0.15) is 46.5 Å². The second-order valence-corrected chi connectivity index (χ2v) is 9.23. The molecule has 3 aromatic rings. The fraction of sp³-hybridized carbons (Fsp3) is 0.400. The molecule has 0 saturated heterocycles. The molecule has 8 heteroatoms. The Morgan fingerprint density at radius 1 is 1.00 bits per heavy atom. The minimum absolute atomic E-state index is 0.110. The number of amides is 1. The van der Waals surface area contributed by atoms with Crippen LogP contribution < -0.4 is 10.1 Å². The molecule has 2 aromatic carbocycles. The van der Waals surface area contributed by atoms with Gasteiger partial charge >= 0.3 is 6.09 Å². The number of carbonyl (C=O) groups excluding carboxylic acids is 1. The van der Waals surface area contributed by atoms with E-state index in [4.69, 9.17) is 14.0 Å². The summed E-state index contributed by atoms with van der Waals surface area (Å²) in [6.45, 7) is 5.57. The molecule has 1 aliphatic rings. The Morgan fingerprint density at radius 2 is 1.64 bits per heavy atom. The Labute approximate surface area is 192 Å². The van der Waals surface area contributed by atoms with Gasteiger partial charge in [0.05, 0.1) is 6.10 Å². The monoisotopic (exact) mass is 451 g/mol. The summed E-state index contributed by atoms with van der Waals surface area (Å²) in [5.41, 5.74) is 1.06. The van der Waals surface area contributed by atoms with Crippen molar-refractivity contribution in [3.05, 3.63) is 48.5 Å². The number of carbonyl (C=O) groups is 1. The Morgan fingerprint density at radius 3 is 2.27 bits per heavy atom. The SMILES string of the molecule is CC(C)(C)OC(=O)NC1CCC(Oc2ccc(-c3noc(-c4ccc(O)cc4)n3)cc2)CC1. The van der Waals surface area contributed by atoms with Crippen LogP contribution in [0.5, 0.6) is 11.5 Å². The van der Waals surface area contributed by atoms with E-state index in [0.717, 1.165) is 42.6 Å². The number of aromatic nitrogens is 2. The van der Waals surface area contributed by atoms with Crippen molar-refractivity contribution in [2.24, 2.45) is 0 Å². The van der Waals surface area contributed by atoms with Crippen LogP contribution in [0.15, 0.2) is 53.1 Å². The quantitative estimate of drug-likeness (QED) is 0.540. The summed E-state index contributed by atoms with van der Waals surface area (Å²) in [6.07, 6.45) is 3.18. The Hall–Kier alpha value is -3.55. The van der Waals surface area contributed by atoms with E-state index < -0.39 is 5.60 Å². The molecule has 1 saturated carbocycles. The molecule has 8 nitrogen and oxygen atoms in total. The molecular formula is C25H29N3O5. The van der Waals surface area contributed by atoms with Gasteiger partial charge in [-0.1, -0.05) is 5.16 Å². The molecule has 0 aliphatic heterocycles. The van der Waals surface area contributed by atoms with Gasteiger partial charge in [-0.05, 0) is 95.0 Å². The van der Waals surface area contributed by atoms with Gasteiger partial charge in [-0.3, -0.25) is 0 Å². The van der Waals surface area contributed by atoms with Gasteiger partial charge < -0.3 is 24.4 Å². The first-order valence-corrected chi connectivity index (χ1v) is 11.1. The standard InChI is InChI=1S/C25H29N3O5/c1-25(2,3)32-24(30)26-18-8-14-21(15-9-18)31-20-12-6-16(7-13-20)22-27-23(33-28-22)17-4-10-19(29)11-5-17/h4-7,10-13,18,21,29H,8-9,14-15H2,1-3H3,(H,26,30). The summed E-state index contributed by atoms with van der Waals surface area (Å²) in [5.74, 6) is 1.84. The highest BCUT2D eigenvalue weighted by molar-refractivity contribution is 5.68. The van der Waals surface area contributed by atoms with E-state index in [1.54, 1.807) is 24.3 Å². The smallest absolute Gasteiger partial charge is 0.407 e. The zero-order chi connectivity index (χ0) is 23.4. The number of hydrogen-bond acceptors (Lipinski definition) is 7. The summed E-state index contributed by atoms with van der Waals surface area (Å²) in [5, 5.41) is 16.4. The minimum Gasteiger partial charge on any atom is -0.508 e. The summed E-state index contributed by atoms with van der Waals surface area (Å²) in [6, 6.07) is 14.3. The van der Waals surface area contributed by atoms with Crippen molar-refractivity contribution in [3.63, 3.8) is 0 Å². The van der Waals surface area contributed by atoms with Gasteiger partial charge in [0.2, 0.25) is 5.82 Å². The number of nitrogens with zero attached hydrogens (tertiary/aromatic N) is 2. The van der Waals surface area contributed by atoms with Crippen LogP contribution in [0, 0.1) is 0 Å². The molecule has 0 atom stereocenters. The van der Waals surface area contributed by atoms with E-state index in [2.05, 4.69) is 15.5 Å². The maximum Gasteiger partial charge on any atom is 0.407 e. The lowest BCUT2D eigenvalue weighted by molar-refractivity contribution is 0.0471. The number of nitrogens with one attached hydrogen (secondary N) is 1. The molecule has 1 aromatic heterocycles. The van der Waals surface area contributed by atoms with E-state index in [1.165, 1.54) is 0 Å². The van der Waals surface area contributed by atoms with Crippen molar-refractivity contribution in [2.75, 3.05) is 0 Å². The third-order valence-electron chi connectivity index (χ3n) is 5.35. The molecule has 4 rings (SSSR count). The van der Waals surface area contributed by atoms with Crippen molar-refractivity contribution >= 4 is 6.09 Å². The van der Waals surface area contributed by atoms with E-state index in [0.29, 0.717) is 11.7 Å². The van der Waals surface area contributed by atoms with Crippen LogP contribution in [-0.4, -0.2) is 39.1 Å². The normalized spacial score (nSPS) is 18.5. The number of ether oxygens (including phenoxy) is 2. The molecular weight excluding hydrogens is 422 g/mol. The number of rotatable bonds is 5. The fourth-order valence-electron chi connectivity index (χ4n) is 3.74. The highest BCUT2D eigenvalue weighted by atomic mass is 16.6. The molecule has 2 N–H and O–H groups in total. The van der Waals surface area contributed by atoms with Gasteiger partial charge in [0.15, 0.2) is 0 Å². The number of hydrogen-bond donors (Lipinski definition) is 2. The molecule has 1 amide bonds. The minimum atomic E-state index is -0.495. The van der Waals surface area contributed by atoms with Gasteiger partial charge in [0, 0.05) is 17.2 Å². The highest BCUT2D eigenvalue weighted by Gasteiger charge is 2.25. The van der Waals surface area contributed by atoms with E-state index >= 15 is 0 Å². The number of aromatic hydroxyl groups is 1. The van der Waals surface area contributed by atoms with Gasteiger partial charge in [-0.2, -0.15) is 4.98 Å². The maximum absolute atomic E-state index is 12.0. The summed E-state index contributed by atoms with van der Waals surface area (Å²) in [4.78, 5) is 16.4. The molecule has 0 spiro atoms. The van der Waals surface area contributed by atoms with Gasteiger partial charge in [0.1, 0.15) is 17.1 Å². The third kappa shape index (κ3) is 6.25. The van der Waals surface area contributed by atoms with Crippen LogP contribution in [0.4, 0.5) is 4.79 Å². The lowest BCUT2D eigenvalue weighted by Crippen LogP contribution is -2.42. The molecule has 0 unspecified atom stereocenters. The van der Waals surface area contributed by atoms with Crippen LogP contribution in [0.25, 0.3) is 22.8 Å². The summed E-state index contributed by atoms with van der Waals surface area (Å²) in [7, 11) is 0. The van der Waals surface area contributed by atoms with Crippen molar-refractivity contribution in [2.45, 2.75) is 64.2 Å². The van der Waals surface area contributed by atoms with E-state index in [9.17, 15) is 9.90 Å². The summed E-state index contributed by atoms with van der Waals surface area (Å²) < 4.78 is 16.8. The number of phenols is 1. The van der Waals surface area contributed by atoms with E-state index in [1.807, 2.05) is 45.0 Å². The van der Waals surface area contributed by atoms with Crippen molar-refractivity contribution in [3.8, 4) is 34.3 Å². The van der Waals surface area contributed by atoms with E-state index in [-0.39, 0.29) is 24.0 Å². The lowest BCUT2D eigenvalue weighted by Gasteiger charge is -2.30.